The molecular weight excluding hydrogens is 307 g/mol. The average Bonchev–Trinajstić information content (AvgIpc) is 2.33. The van der Waals surface area contributed by atoms with Crippen LogP contribution in [0.25, 0.3) is 6.08 Å². The van der Waals surface area contributed by atoms with E-state index in [0.29, 0.717) is 0 Å². The zero-order valence-electron chi connectivity index (χ0n) is 5.07. The van der Waals surface area contributed by atoms with Crippen molar-refractivity contribution in [3.8, 4) is 0 Å². The molecule has 1 aromatic rings. The van der Waals surface area contributed by atoms with E-state index in [1.165, 1.54) is 0 Å². The Labute approximate surface area is 79.5 Å². The Hall–Kier alpha value is 0.0300. The number of rotatable bonds is 0. The molecule has 1 aliphatic rings. The van der Waals surface area contributed by atoms with Gasteiger partial charge in [0.1, 0.15) is 5.82 Å². The Kier molecular flexibility index (Phi) is 2.79. The van der Waals surface area contributed by atoms with Crippen LogP contribution in [0.3, 0.4) is 0 Å². The fraction of sp³-hybridized carbons (Fsp3) is 0. The van der Waals surface area contributed by atoms with Gasteiger partial charge in [-0.05, 0) is 10.2 Å². The lowest BCUT2D eigenvalue weighted by Gasteiger charge is -1.97. The van der Waals surface area contributed by atoms with Crippen molar-refractivity contribution in [1.82, 2.24) is 9.55 Å². The Morgan fingerprint density at radius 3 is 3.20 bits per heavy atom. The van der Waals surface area contributed by atoms with Gasteiger partial charge in [-0.1, -0.05) is 20.7 Å². The van der Waals surface area contributed by atoms with E-state index in [1.807, 2.05) is 12.4 Å². The minimum atomic E-state index is 0. The number of hydrogen-bond donors (Lipinski definition) is 0. The van der Waals surface area contributed by atoms with E-state index in [-0.39, 0.29) is 37.7 Å². The van der Waals surface area contributed by atoms with E-state index in [4.69, 9.17) is 0 Å². The van der Waals surface area contributed by atoms with Crippen LogP contribution in [0.4, 0.5) is 0 Å². The standard InChI is InChI=1S/C6H5IN2.BrH/c1-2-7-5-9-4-3-8-6(1)9;/h1-5H;1H. The van der Waals surface area contributed by atoms with Gasteiger partial charge in [0.2, 0.25) is 0 Å². The highest BCUT2D eigenvalue weighted by Crippen LogP contribution is 2.10. The van der Waals surface area contributed by atoms with Crippen molar-refractivity contribution in [2.75, 3.05) is 0 Å². The first kappa shape index (κ1) is 8.13. The van der Waals surface area contributed by atoms with Crippen LogP contribution >= 0.6 is 37.7 Å². The maximum Gasteiger partial charge on any atom is 0.137 e. The van der Waals surface area contributed by atoms with Gasteiger partial charge in [-0.15, -0.1) is 17.0 Å². The molecule has 1 aliphatic heterocycles. The molecule has 0 saturated heterocycles. The van der Waals surface area contributed by atoms with Gasteiger partial charge < -0.3 is 4.57 Å². The fourth-order valence-electron chi connectivity index (χ4n) is 0.722. The number of nitrogens with zero attached hydrogens (tertiary/aromatic N) is 2. The van der Waals surface area contributed by atoms with Crippen LogP contribution in [0.2, 0.25) is 0 Å². The molecule has 2 rings (SSSR count). The zero-order chi connectivity index (χ0) is 6.10. The van der Waals surface area contributed by atoms with Crippen LogP contribution in [-0.4, -0.2) is 13.7 Å². The maximum absolute atomic E-state index is 4.12. The third-order valence-corrected chi connectivity index (χ3v) is 2.84. The van der Waals surface area contributed by atoms with Gasteiger partial charge in [0.15, 0.2) is 0 Å². The first-order valence-electron chi connectivity index (χ1n) is 2.61. The Morgan fingerprint density at radius 1 is 1.50 bits per heavy atom. The lowest BCUT2D eigenvalue weighted by atomic mass is 10.6. The summed E-state index contributed by atoms with van der Waals surface area (Å²) in [6.45, 7) is 0. The molecule has 0 amide bonds. The second-order valence-corrected chi connectivity index (χ2v) is 3.70. The van der Waals surface area contributed by atoms with Crippen LogP contribution in [0, 0.1) is 0 Å². The van der Waals surface area contributed by atoms with Gasteiger partial charge in [0.25, 0.3) is 0 Å². The van der Waals surface area contributed by atoms with Crippen LogP contribution < -0.4 is 0 Å². The first-order valence-corrected chi connectivity index (χ1v) is 5.10. The molecule has 0 fully saturated rings. The molecule has 0 N–H and O–H groups in total. The van der Waals surface area contributed by atoms with E-state index in [9.17, 15) is 0 Å². The second kappa shape index (κ2) is 3.43. The SMILES string of the molecule is Br.C1=Cc2nccn2C=I1. The zero-order valence-corrected chi connectivity index (χ0v) is 8.94. The largest absolute Gasteiger partial charge is 0.302 e. The van der Waals surface area contributed by atoms with E-state index >= 15 is 0 Å². The van der Waals surface area contributed by atoms with Crippen LogP contribution in [0.1, 0.15) is 5.82 Å². The quantitative estimate of drug-likeness (QED) is 0.670. The molecule has 54 valence electrons. The normalized spacial score (nSPS) is 13.2. The molecule has 1 aromatic heterocycles. The molecule has 0 unspecified atom stereocenters. The molecule has 0 radical (unpaired) electrons. The number of aromatic nitrogens is 2. The topological polar surface area (TPSA) is 17.8 Å². The maximum atomic E-state index is 4.12. The summed E-state index contributed by atoms with van der Waals surface area (Å²) in [4.78, 5) is 4.12. The van der Waals surface area contributed by atoms with Gasteiger partial charge in [-0.2, -0.15) is 0 Å². The van der Waals surface area contributed by atoms with Gasteiger partial charge in [-0.3, -0.25) is 0 Å². The van der Waals surface area contributed by atoms with E-state index in [2.05, 4.69) is 23.8 Å². The number of fused-ring (bicyclic) bond motifs is 1. The van der Waals surface area contributed by atoms with E-state index < -0.39 is 0 Å². The molecule has 10 heavy (non-hydrogen) atoms. The van der Waals surface area contributed by atoms with Gasteiger partial charge >= 0.3 is 0 Å². The molecule has 2 heterocycles. The lowest BCUT2D eigenvalue weighted by molar-refractivity contribution is 1.15. The average molecular weight is 313 g/mol. The smallest absolute Gasteiger partial charge is 0.137 e. The third kappa shape index (κ3) is 1.37. The first-order chi connectivity index (χ1) is 4.47. The third-order valence-electron chi connectivity index (χ3n) is 1.14. The van der Waals surface area contributed by atoms with Crippen molar-refractivity contribution < 1.29 is 0 Å². The van der Waals surface area contributed by atoms with Gasteiger partial charge in [-0.25, -0.2) is 4.98 Å². The summed E-state index contributed by atoms with van der Waals surface area (Å²) in [6.07, 6.45) is 5.89. The Bertz CT molecular complexity index is 251. The highest BCUT2D eigenvalue weighted by Gasteiger charge is 1.95. The minimum Gasteiger partial charge on any atom is -0.302 e. The van der Waals surface area contributed by atoms with Crippen molar-refractivity contribution in [1.29, 1.82) is 0 Å². The van der Waals surface area contributed by atoms with Crippen LogP contribution in [0.5, 0.6) is 0 Å². The fourth-order valence-corrected chi connectivity index (χ4v) is 2.25. The summed E-state index contributed by atoms with van der Waals surface area (Å²) in [7, 11) is 0. The number of hydrogen-bond acceptors (Lipinski definition) is 1. The summed E-state index contributed by atoms with van der Waals surface area (Å²) >= 11 is 0.169. The summed E-state index contributed by atoms with van der Waals surface area (Å²) < 4.78 is 6.50. The highest BCUT2D eigenvalue weighted by atomic mass is 127. The summed E-state index contributed by atoms with van der Waals surface area (Å²) in [6, 6.07) is 0. The lowest BCUT2D eigenvalue weighted by Crippen LogP contribution is -1.95. The Balaban J connectivity index is 0.000000500. The molecule has 0 aliphatic carbocycles. The predicted octanol–water partition coefficient (Wildman–Crippen LogP) is 2.02. The molecule has 0 saturated carbocycles. The van der Waals surface area contributed by atoms with E-state index in [1.54, 1.807) is 0 Å². The minimum absolute atomic E-state index is 0. The summed E-state index contributed by atoms with van der Waals surface area (Å²) in [5.41, 5.74) is 0. The highest BCUT2D eigenvalue weighted by molar-refractivity contribution is 14.2. The molecule has 0 bridgehead atoms. The van der Waals surface area contributed by atoms with Crippen LogP contribution in [-0.2, 0) is 0 Å². The second-order valence-electron chi connectivity index (χ2n) is 1.71. The summed E-state index contributed by atoms with van der Waals surface area (Å²) in [5, 5.41) is 0. The molecule has 4 heteroatoms. The molecule has 2 nitrogen and oxygen atoms in total. The van der Waals surface area contributed by atoms with Gasteiger partial charge in [0, 0.05) is 16.5 Å². The van der Waals surface area contributed by atoms with Gasteiger partial charge in [0.05, 0.1) is 0 Å². The Morgan fingerprint density at radius 2 is 2.40 bits per heavy atom. The summed E-state index contributed by atoms with van der Waals surface area (Å²) in [5.74, 6) is 1.06. The van der Waals surface area contributed by atoms with Crippen molar-refractivity contribution in [2.45, 2.75) is 0 Å². The molecular formula is C6H6BrIN2. The molecule has 0 aromatic carbocycles. The predicted molar refractivity (Wildman–Crippen MR) is 57.1 cm³/mol. The van der Waals surface area contributed by atoms with Crippen molar-refractivity contribution in [2.24, 2.45) is 0 Å². The number of halogens is 2. The van der Waals surface area contributed by atoms with Crippen LogP contribution in [0.15, 0.2) is 16.5 Å². The van der Waals surface area contributed by atoms with Crippen molar-refractivity contribution in [3.63, 3.8) is 0 Å². The number of imidazole rings is 1. The van der Waals surface area contributed by atoms with Crippen molar-refractivity contribution >= 4 is 47.9 Å². The monoisotopic (exact) mass is 312 g/mol. The van der Waals surface area contributed by atoms with Crippen molar-refractivity contribution in [3.05, 3.63) is 22.3 Å². The molecule has 0 spiro atoms. The molecule has 0 atom stereocenters. The van der Waals surface area contributed by atoms with E-state index in [0.717, 1.165) is 5.82 Å².